The monoisotopic (exact) mass is 420 g/mol. The van der Waals surface area contributed by atoms with Crippen molar-refractivity contribution < 1.29 is 27.5 Å². The second-order valence-electron chi connectivity index (χ2n) is 6.85. The summed E-state index contributed by atoms with van der Waals surface area (Å²) in [6.07, 6.45) is 4.17. The standard InChI is InChI=1S/C20H24N2O6S/c1-27-12-11-22(18-8-13-29(25,26)15-18)19(23)14-28-20(24)16-4-6-17(7-5-16)21-9-2-3-10-21/h2-7,9-10,18H,8,11-15H2,1H3/t18-/m0/s1. The minimum absolute atomic E-state index is 0.0575. The Labute approximate surface area is 169 Å². The minimum Gasteiger partial charge on any atom is -0.452 e. The Morgan fingerprint density at radius 3 is 2.45 bits per heavy atom. The Balaban J connectivity index is 1.59. The molecule has 0 saturated carbocycles. The molecule has 1 aromatic heterocycles. The number of hydrogen-bond acceptors (Lipinski definition) is 6. The van der Waals surface area contributed by atoms with Crippen LogP contribution in [0.3, 0.4) is 0 Å². The van der Waals surface area contributed by atoms with Gasteiger partial charge in [0, 0.05) is 37.8 Å². The number of benzene rings is 1. The highest BCUT2D eigenvalue weighted by Gasteiger charge is 2.34. The molecule has 1 aromatic carbocycles. The van der Waals surface area contributed by atoms with Crippen LogP contribution in [0.2, 0.25) is 0 Å². The summed E-state index contributed by atoms with van der Waals surface area (Å²) in [6, 6.07) is 10.2. The third kappa shape index (κ3) is 5.45. The number of aromatic nitrogens is 1. The number of sulfone groups is 1. The molecular weight excluding hydrogens is 396 g/mol. The summed E-state index contributed by atoms with van der Waals surface area (Å²) in [6.45, 7) is 0.0776. The average Bonchev–Trinajstić information content (AvgIpc) is 3.36. The van der Waals surface area contributed by atoms with E-state index in [9.17, 15) is 18.0 Å². The molecule has 1 fully saturated rings. The first kappa shape index (κ1) is 21.1. The Hall–Kier alpha value is -2.65. The van der Waals surface area contributed by atoms with Gasteiger partial charge in [0.2, 0.25) is 0 Å². The Morgan fingerprint density at radius 1 is 1.17 bits per heavy atom. The number of carbonyl (C=O) groups excluding carboxylic acids is 2. The van der Waals surface area contributed by atoms with Crippen LogP contribution in [0.1, 0.15) is 16.8 Å². The van der Waals surface area contributed by atoms with E-state index in [-0.39, 0.29) is 24.7 Å². The zero-order chi connectivity index (χ0) is 20.9. The van der Waals surface area contributed by atoms with Crippen LogP contribution in [0.25, 0.3) is 5.69 Å². The van der Waals surface area contributed by atoms with Crippen LogP contribution >= 0.6 is 0 Å². The fourth-order valence-electron chi connectivity index (χ4n) is 3.29. The number of methoxy groups -OCH3 is 1. The molecule has 1 amide bonds. The number of carbonyl (C=O) groups is 2. The maximum Gasteiger partial charge on any atom is 0.338 e. The number of ether oxygens (including phenoxy) is 2. The van der Waals surface area contributed by atoms with E-state index in [0.29, 0.717) is 12.0 Å². The fraction of sp³-hybridized carbons (Fsp3) is 0.400. The van der Waals surface area contributed by atoms with Crippen molar-refractivity contribution in [3.63, 3.8) is 0 Å². The molecule has 1 aliphatic heterocycles. The molecule has 0 radical (unpaired) electrons. The predicted molar refractivity (Wildman–Crippen MR) is 107 cm³/mol. The smallest absolute Gasteiger partial charge is 0.338 e. The van der Waals surface area contributed by atoms with Crippen LogP contribution in [-0.4, -0.2) is 74.2 Å². The molecule has 29 heavy (non-hydrogen) atoms. The summed E-state index contributed by atoms with van der Waals surface area (Å²) in [5.41, 5.74) is 1.23. The maximum absolute atomic E-state index is 12.6. The van der Waals surface area contributed by atoms with Crippen LogP contribution < -0.4 is 0 Å². The molecule has 0 spiro atoms. The number of hydrogen-bond donors (Lipinski definition) is 0. The topological polar surface area (TPSA) is 94.9 Å². The second-order valence-corrected chi connectivity index (χ2v) is 9.08. The van der Waals surface area contributed by atoms with Gasteiger partial charge in [-0.05, 0) is 42.8 Å². The number of esters is 1. The highest BCUT2D eigenvalue weighted by Crippen LogP contribution is 2.18. The molecule has 2 aromatic rings. The third-order valence-corrected chi connectivity index (χ3v) is 6.59. The number of nitrogens with zero attached hydrogens (tertiary/aromatic N) is 2. The van der Waals surface area contributed by atoms with Crippen LogP contribution in [0, 0.1) is 0 Å². The minimum atomic E-state index is -3.14. The first-order valence-corrected chi connectivity index (χ1v) is 11.1. The van der Waals surface area contributed by atoms with E-state index in [1.54, 1.807) is 24.3 Å². The molecule has 1 atom stereocenters. The summed E-state index contributed by atoms with van der Waals surface area (Å²) < 4.78 is 35.6. The summed E-state index contributed by atoms with van der Waals surface area (Å²) >= 11 is 0. The van der Waals surface area contributed by atoms with E-state index in [1.807, 2.05) is 29.1 Å². The Morgan fingerprint density at radius 2 is 1.86 bits per heavy atom. The molecule has 1 aliphatic rings. The average molecular weight is 420 g/mol. The first-order valence-electron chi connectivity index (χ1n) is 9.29. The SMILES string of the molecule is COCCN(C(=O)COC(=O)c1ccc(-n2cccc2)cc1)[C@H]1CCS(=O)(=O)C1. The van der Waals surface area contributed by atoms with Gasteiger partial charge in [0.15, 0.2) is 16.4 Å². The molecular formula is C20H24N2O6S. The largest absolute Gasteiger partial charge is 0.452 e. The van der Waals surface area contributed by atoms with Gasteiger partial charge in [-0.3, -0.25) is 4.79 Å². The van der Waals surface area contributed by atoms with Crippen LogP contribution in [-0.2, 0) is 24.1 Å². The Kier molecular flexibility index (Phi) is 6.71. The second kappa shape index (κ2) is 9.23. The van der Waals surface area contributed by atoms with E-state index in [1.165, 1.54) is 12.0 Å². The van der Waals surface area contributed by atoms with Gasteiger partial charge < -0.3 is 18.9 Å². The predicted octanol–water partition coefficient (Wildman–Crippen LogP) is 1.30. The van der Waals surface area contributed by atoms with Crippen molar-refractivity contribution in [3.05, 3.63) is 54.4 Å². The van der Waals surface area contributed by atoms with Crippen LogP contribution in [0.4, 0.5) is 0 Å². The molecule has 0 aliphatic carbocycles. The van der Waals surface area contributed by atoms with Gasteiger partial charge in [-0.15, -0.1) is 0 Å². The van der Waals surface area contributed by atoms with Crippen molar-refractivity contribution in [2.75, 3.05) is 38.4 Å². The van der Waals surface area contributed by atoms with Crippen molar-refractivity contribution in [3.8, 4) is 5.69 Å². The first-order chi connectivity index (χ1) is 13.9. The zero-order valence-corrected chi connectivity index (χ0v) is 17.0. The van der Waals surface area contributed by atoms with Gasteiger partial charge in [0.05, 0.1) is 23.7 Å². The molecule has 0 bridgehead atoms. The molecule has 2 heterocycles. The molecule has 8 nitrogen and oxygen atoms in total. The highest BCUT2D eigenvalue weighted by atomic mass is 32.2. The normalized spacial score (nSPS) is 17.8. The van der Waals surface area contributed by atoms with Crippen molar-refractivity contribution in [2.45, 2.75) is 12.5 Å². The number of rotatable bonds is 8. The van der Waals surface area contributed by atoms with E-state index >= 15 is 0 Å². The fourth-order valence-corrected chi connectivity index (χ4v) is 5.02. The van der Waals surface area contributed by atoms with Gasteiger partial charge in [-0.2, -0.15) is 0 Å². The van der Waals surface area contributed by atoms with Crippen molar-refractivity contribution in [1.29, 1.82) is 0 Å². The summed E-state index contributed by atoms with van der Waals surface area (Å²) in [4.78, 5) is 26.3. The lowest BCUT2D eigenvalue weighted by atomic mass is 10.2. The molecule has 1 saturated heterocycles. The quantitative estimate of drug-likeness (QED) is 0.598. The van der Waals surface area contributed by atoms with Gasteiger partial charge in [0.25, 0.3) is 5.91 Å². The highest BCUT2D eigenvalue weighted by molar-refractivity contribution is 7.91. The van der Waals surface area contributed by atoms with E-state index in [2.05, 4.69) is 0 Å². The van der Waals surface area contributed by atoms with Gasteiger partial charge >= 0.3 is 5.97 Å². The van der Waals surface area contributed by atoms with Crippen molar-refractivity contribution in [2.24, 2.45) is 0 Å². The van der Waals surface area contributed by atoms with Crippen LogP contribution in [0.5, 0.6) is 0 Å². The van der Waals surface area contributed by atoms with Gasteiger partial charge in [0.1, 0.15) is 0 Å². The Bertz CT molecular complexity index is 938. The molecule has 156 valence electrons. The lowest BCUT2D eigenvalue weighted by molar-refractivity contribution is -0.137. The van der Waals surface area contributed by atoms with Gasteiger partial charge in [-0.25, -0.2) is 13.2 Å². The molecule has 0 N–H and O–H groups in total. The van der Waals surface area contributed by atoms with E-state index in [0.717, 1.165) is 5.69 Å². The summed E-state index contributed by atoms with van der Waals surface area (Å²) in [5.74, 6) is -1.05. The number of amides is 1. The summed E-state index contributed by atoms with van der Waals surface area (Å²) in [5, 5.41) is 0. The lowest BCUT2D eigenvalue weighted by Gasteiger charge is -2.27. The lowest BCUT2D eigenvalue weighted by Crippen LogP contribution is -2.45. The zero-order valence-electron chi connectivity index (χ0n) is 16.2. The summed E-state index contributed by atoms with van der Waals surface area (Å²) in [7, 11) is -1.64. The molecule has 9 heteroatoms. The van der Waals surface area contributed by atoms with E-state index in [4.69, 9.17) is 9.47 Å². The van der Waals surface area contributed by atoms with Gasteiger partial charge in [-0.1, -0.05) is 0 Å². The van der Waals surface area contributed by atoms with Crippen LogP contribution in [0.15, 0.2) is 48.8 Å². The molecule has 3 rings (SSSR count). The van der Waals surface area contributed by atoms with E-state index < -0.39 is 34.4 Å². The van der Waals surface area contributed by atoms with Crippen molar-refractivity contribution >= 4 is 21.7 Å². The third-order valence-electron chi connectivity index (χ3n) is 4.84. The molecule has 0 unspecified atom stereocenters. The maximum atomic E-state index is 12.6. The van der Waals surface area contributed by atoms with Crippen molar-refractivity contribution in [1.82, 2.24) is 9.47 Å².